The number of H-pyrrole nitrogens is 1. The van der Waals surface area contributed by atoms with Crippen LogP contribution < -0.4 is 15.4 Å². The van der Waals surface area contributed by atoms with Crippen molar-refractivity contribution in [3.05, 3.63) is 71.0 Å². The summed E-state index contributed by atoms with van der Waals surface area (Å²) >= 11 is 1.64. The third kappa shape index (κ3) is 4.42. The maximum Gasteiger partial charge on any atom is 0.407 e. The second-order valence-electron chi connectivity index (χ2n) is 8.68. The van der Waals surface area contributed by atoms with Gasteiger partial charge >= 0.3 is 6.09 Å². The summed E-state index contributed by atoms with van der Waals surface area (Å²) in [6.45, 7) is 0.381. The Bertz CT molecular complexity index is 1560. The molecule has 36 heavy (non-hydrogen) atoms. The normalized spacial score (nSPS) is 15.0. The van der Waals surface area contributed by atoms with Crippen LogP contribution in [0.25, 0.3) is 21.1 Å². The molecule has 3 N–H and O–H groups in total. The van der Waals surface area contributed by atoms with Crippen LogP contribution in [-0.2, 0) is 24.1 Å². The number of anilines is 2. The Hall–Kier alpha value is -4.18. The van der Waals surface area contributed by atoms with Crippen LogP contribution in [0.2, 0.25) is 0 Å². The molecule has 0 bridgehead atoms. The number of hydrogen-bond donors (Lipinski definition) is 3. The van der Waals surface area contributed by atoms with E-state index < -0.39 is 6.09 Å². The number of benzene rings is 2. The molecule has 1 atom stereocenters. The molecule has 0 radical (unpaired) electrons. The number of carbonyl (C=O) groups excluding carboxylic acids is 1. The van der Waals surface area contributed by atoms with Crippen molar-refractivity contribution >= 4 is 50.1 Å². The number of carbonyl (C=O) groups is 1. The molecule has 0 saturated carbocycles. The zero-order valence-corrected chi connectivity index (χ0v) is 20.4. The second-order valence-corrected chi connectivity index (χ2v) is 9.76. The lowest BCUT2D eigenvalue weighted by atomic mass is 9.94. The molecule has 2 aromatic carbocycles. The van der Waals surface area contributed by atoms with Crippen LogP contribution in [0.1, 0.15) is 22.4 Å². The predicted molar refractivity (Wildman–Crippen MR) is 139 cm³/mol. The number of aromatic amines is 1. The lowest BCUT2D eigenvalue weighted by Crippen LogP contribution is -2.31. The van der Waals surface area contributed by atoms with Gasteiger partial charge in [0.15, 0.2) is 0 Å². The van der Waals surface area contributed by atoms with Gasteiger partial charge in [0.25, 0.3) is 0 Å². The van der Waals surface area contributed by atoms with Crippen molar-refractivity contribution in [1.82, 2.24) is 25.5 Å². The summed E-state index contributed by atoms with van der Waals surface area (Å²) in [5.74, 6) is 1.54. The second kappa shape index (κ2) is 9.46. The van der Waals surface area contributed by atoms with Crippen LogP contribution >= 0.6 is 11.3 Å². The minimum absolute atomic E-state index is 0.177. The van der Waals surface area contributed by atoms with Gasteiger partial charge in [0.2, 0.25) is 0 Å². The van der Waals surface area contributed by atoms with Crippen LogP contribution in [0, 0.1) is 0 Å². The highest BCUT2D eigenvalue weighted by Gasteiger charge is 2.27. The number of aryl methyl sites for hydroxylation is 1. The molecule has 182 valence electrons. The zero-order valence-electron chi connectivity index (χ0n) is 19.6. The SMILES string of the molecule is COc1cccc(CNC(=O)OC2CCc3c(sc4ncnc(Nc5ccc6[nH]ncc6c5)c34)C2)c1. The van der Waals surface area contributed by atoms with Gasteiger partial charge in [0.1, 0.15) is 28.8 Å². The Morgan fingerprint density at radius 2 is 2.17 bits per heavy atom. The Labute approximate surface area is 210 Å². The van der Waals surface area contributed by atoms with Gasteiger partial charge in [0.05, 0.1) is 24.2 Å². The van der Waals surface area contributed by atoms with Gasteiger partial charge in [-0.2, -0.15) is 5.10 Å². The van der Waals surface area contributed by atoms with Gasteiger partial charge in [-0.1, -0.05) is 12.1 Å². The largest absolute Gasteiger partial charge is 0.497 e. The molecule has 1 amide bonds. The fraction of sp³-hybridized carbons (Fsp3) is 0.231. The third-order valence-corrected chi connectivity index (χ3v) is 7.51. The number of alkyl carbamates (subject to hydrolysis) is 1. The van der Waals surface area contributed by atoms with E-state index in [4.69, 9.17) is 9.47 Å². The van der Waals surface area contributed by atoms with E-state index in [0.29, 0.717) is 13.0 Å². The van der Waals surface area contributed by atoms with Crippen molar-refractivity contribution in [2.24, 2.45) is 0 Å². The molecule has 0 saturated heterocycles. The predicted octanol–water partition coefficient (Wildman–Crippen LogP) is 5.10. The van der Waals surface area contributed by atoms with Gasteiger partial charge in [-0.15, -0.1) is 11.3 Å². The van der Waals surface area contributed by atoms with Gasteiger partial charge in [0, 0.05) is 28.9 Å². The molecule has 1 unspecified atom stereocenters. The van der Waals surface area contributed by atoms with Crippen LogP contribution in [0.15, 0.2) is 55.0 Å². The van der Waals surface area contributed by atoms with E-state index in [1.165, 1.54) is 10.4 Å². The lowest BCUT2D eigenvalue weighted by Gasteiger charge is -2.23. The molecule has 1 aliphatic rings. The summed E-state index contributed by atoms with van der Waals surface area (Å²) in [6.07, 6.45) is 5.02. The summed E-state index contributed by atoms with van der Waals surface area (Å²) in [6, 6.07) is 13.6. The van der Waals surface area contributed by atoms with Crippen LogP contribution in [0.4, 0.5) is 16.3 Å². The molecule has 0 spiro atoms. The molecule has 3 heterocycles. The number of amides is 1. The average Bonchev–Trinajstić information content (AvgIpc) is 3.52. The van der Waals surface area contributed by atoms with E-state index >= 15 is 0 Å². The van der Waals surface area contributed by atoms with Crippen LogP contribution in [0.3, 0.4) is 0 Å². The number of nitrogens with one attached hydrogen (secondary N) is 3. The first-order valence-electron chi connectivity index (χ1n) is 11.7. The Kier molecular flexibility index (Phi) is 5.86. The first kappa shape index (κ1) is 22.3. The monoisotopic (exact) mass is 500 g/mol. The molecule has 0 fully saturated rings. The van der Waals surface area contributed by atoms with Gasteiger partial charge in [-0.3, -0.25) is 5.10 Å². The fourth-order valence-corrected chi connectivity index (χ4v) is 5.83. The number of methoxy groups -OCH3 is 1. The highest BCUT2D eigenvalue weighted by Crippen LogP contribution is 2.39. The molecule has 6 rings (SSSR count). The quantitative estimate of drug-likeness (QED) is 0.297. The number of nitrogens with zero attached hydrogens (tertiary/aromatic N) is 3. The summed E-state index contributed by atoms with van der Waals surface area (Å²) in [7, 11) is 1.62. The highest BCUT2D eigenvalue weighted by molar-refractivity contribution is 7.19. The van der Waals surface area contributed by atoms with Crippen molar-refractivity contribution in [1.29, 1.82) is 0 Å². The first-order valence-corrected chi connectivity index (χ1v) is 12.5. The van der Waals surface area contributed by atoms with E-state index in [0.717, 1.165) is 56.8 Å². The minimum atomic E-state index is -0.413. The summed E-state index contributed by atoms with van der Waals surface area (Å²) in [5, 5.41) is 15.4. The molecule has 9 nitrogen and oxygen atoms in total. The van der Waals surface area contributed by atoms with Crippen molar-refractivity contribution < 1.29 is 14.3 Å². The smallest absolute Gasteiger partial charge is 0.407 e. The topological polar surface area (TPSA) is 114 Å². The average molecular weight is 501 g/mol. The number of ether oxygens (including phenoxy) is 2. The lowest BCUT2D eigenvalue weighted by molar-refractivity contribution is 0.0899. The maximum absolute atomic E-state index is 12.5. The summed E-state index contributed by atoms with van der Waals surface area (Å²) < 4.78 is 11.0. The highest BCUT2D eigenvalue weighted by atomic mass is 32.1. The molecule has 5 aromatic rings. The van der Waals surface area contributed by atoms with E-state index in [1.807, 2.05) is 42.5 Å². The zero-order chi connectivity index (χ0) is 24.5. The Morgan fingerprint density at radius 1 is 1.22 bits per heavy atom. The standard InChI is InChI=1S/C26H24N6O3S/c1-34-18-4-2-3-15(9-18)12-27-26(33)35-19-6-7-20-22(11-19)36-25-23(20)24(28-14-29-25)31-17-5-8-21-16(10-17)13-30-32-21/h2-5,8-10,13-14,19H,6-7,11-12H2,1H3,(H,27,33)(H,30,32)(H,28,29,31). The third-order valence-electron chi connectivity index (χ3n) is 6.35. The van der Waals surface area contributed by atoms with E-state index in [-0.39, 0.29) is 6.10 Å². The van der Waals surface area contributed by atoms with Gasteiger partial charge in [-0.25, -0.2) is 14.8 Å². The minimum Gasteiger partial charge on any atom is -0.497 e. The summed E-state index contributed by atoms with van der Waals surface area (Å²) in [5.41, 5.74) is 4.11. The van der Waals surface area contributed by atoms with Crippen molar-refractivity contribution in [3.63, 3.8) is 0 Å². The molecule has 10 heteroatoms. The number of aromatic nitrogens is 4. The molecule has 3 aromatic heterocycles. The molecule has 0 aliphatic heterocycles. The Balaban J connectivity index is 1.15. The number of hydrogen-bond acceptors (Lipinski definition) is 8. The van der Waals surface area contributed by atoms with E-state index in [1.54, 1.807) is 31.0 Å². The molecular weight excluding hydrogens is 476 g/mol. The Morgan fingerprint density at radius 3 is 3.08 bits per heavy atom. The van der Waals surface area contributed by atoms with E-state index in [2.05, 4.69) is 30.8 Å². The molecular formula is C26H24N6O3S. The van der Waals surface area contributed by atoms with Crippen molar-refractivity contribution in [2.45, 2.75) is 31.9 Å². The molecule has 1 aliphatic carbocycles. The van der Waals surface area contributed by atoms with Crippen molar-refractivity contribution in [3.8, 4) is 5.75 Å². The maximum atomic E-state index is 12.5. The summed E-state index contributed by atoms with van der Waals surface area (Å²) in [4.78, 5) is 23.6. The van der Waals surface area contributed by atoms with Crippen molar-refractivity contribution in [2.75, 3.05) is 12.4 Å². The first-order chi connectivity index (χ1) is 17.7. The number of fused-ring (bicyclic) bond motifs is 4. The van der Waals surface area contributed by atoms with E-state index in [9.17, 15) is 4.79 Å². The van der Waals surface area contributed by atoms with Gasteiger partial charge in [-0.05, 0) is 54.3 Å². The van der Waals surface area contributed by atoms with Gasteiger partial charge < -0.3 is 20.1 Å². The van der Waals surface area contributed by atoms with Crippen LogP contribution in [0.5, 0.6) is 5.75 Å². The fourth-order valence-electron chi connectivity index (χ4n) is 4.58. The number of rotatable bonds is 6. The van der Waals surface area contributed by atoms with Crippen LogP contribution in [-0.4, -0.2) is 39.5 Å². The number of thiophene rings is 1.